The van der Waals surface area contributed by atoms with E-state index in [1.165, 1.54) is 45.2 Å². The second-order valence-corrected chi connectivity index (χ2v) is 5.48. The van der Waals surface area contributed by atoms with Crippen LogP contribution in [0, 0.1) is 17.8 Å². The van der Waals surface area contributed by atoms with Gasteiger partial charge in [0.25, 0.3) is 0 Å². The molecule has 1 heterocycles. The van der Waals surface area contributed by atoms with E-state index >= 15 is 0 Å². The monoisotopic (exact) mass is 203 g/mol. The molecule has 1 saturated heterocycles. The Kier molecular flexibility index (Phi) is 2.66. The molecule has 15 heavy (non-hydrogen) atoms. The van der Waals surface area contributed by atoms with Gasteiger partial charge in [-0.25, -0.2) is 0 Å². The summed E-state index contributed by atoms with van der Waals surface area (Å²) < 4.78 is 0. The maximum Gasteiger partial charge on any atom is -0.00172 e. The molecule has 0 aromatic heterocycles. The van der Waals surface area contributed by atoms with Crippen LogP contribution in [-0.2, 0) is 0 Å². The first-order chi connectivity index (χ1) is 7.42. The molecular formula is C14H21N. The van der Waals surface area contributed by atoms with E-state index < -0.39 is 0 Å². The molecule has 3 aliphatic rings. The van der Waals surface area contributed by atoms with Gasteiger partial charge in [-0.05, 0) is 62.9 Å². The normalized spacial score (nSPS) is 39.2. The number of allylic oxidation sites excluding steroid dienone is 4. The van der Waals surface area contributed by atoms with Crippen LogP contribution >= 0.6 is 0 Å². The maximum absolute atomic E-state index is 3.52. The van der Waals surface area contributed by atoms with Gasteiger partial charge in [0, 0.05) is 0 Å². The van der Waals surface area contributed by atoms with Crippen LogP contribution in [0.1, 0.15) is 32.1 Å². The highest BCUT2D eigenvalue weighted by molar-refractivity contribution is 5.22. The lowest BCUT2D eigenvalue weighted by atomic mass is 9.93. The first kappa shape index (κ1) is 9.65. The smallest absolute Gasteiger partial charge is 0.00172 e. The Labute approximate surface area is 92.6 Å². The number of hydrogen-bond donors (Lipinski definition) is 1. The summed E-state index contributed by atoms with van der Waals surface area (Å²) in [4.78, 5) is 0. The van der Waals surface area contributed by atoms with Crippen LogP contribution in [0.4, 0.5) is 0 Å². The molecule has 1 saturated carbocycles. The van der Waals surface area contributed by atoms with Gasteiger partial charge < -0.3 is 5.32 Å². The minimum Gasteiger partial charge on any atom is -0.316 e. The summed E-state index contributed by atoms with van der Waals surface area (Å²) in [6, 6.07) is 0. The molecule has 0 amide bonds. The zero-order valence-corrected chi connectivity index (χ0v) is 9.41. The molecule has 0 aromatic rings. The Hall–Kier alpha value is -0.560. The number of fused-ring (bicyclic) bond motifs is 1. The Bertz CT molecular complexity index is 278. The minimum absolute atomic E-state index is 0.982. The molecule has 0 spiro atoms. The topological polar surface area (TPSA) is 12.0 Å². The van der Waals surface area contributed by atoms with Crippen molar-refractivity contribution in [2.24, 2.45) is 17.8 Å². The Morgan fingerprint density at radius 3 is 2.60 bits per heavy atom. The van der Waals surface area contributed by atoms with Gasteiger partial charge in [-0.15, -0.1) is 0 Å². The van der Waals surface area contributed by atoms with Crippen LogP contribution in [0.25, 0.3) is 0 Å². The molecule has 3 atom stereocenters. The zero-order valence-electron chi connectivity index (χ0n) is 9.41. The van der Waals surface area contributed by atoms with Crippen molar-refractivity contribution in [3.05, 3.63) is 23.8 Å². The van der Waals surface area contributed by atoms with E-state index in [1.54, 1.807) is 5.57 Å². The minimum atomic E-state index is 0.982. The molecule has 3 rings (SSSR count). The largest absolute Gasteiger partial charge is 0.316 e. The van der Waals surface area contributed by atoms with Crippen LogP contribution in [0.2, 0.25) is 0 Å². The molecule has 1 unspecified atom stereocenters. The molecule has 1 aliphatic heterocycles. The molecule has 82 valence electrons. The van der Waals surface area contributed by atoms with E-state index in [0.717, 1.165) is 17.8 Å². The molecule has 0 radical (unpaired) electrons. The van der Waals surface area contributed by atoms with Gasteiger partial charge in [-0.2, -0.15) is 0 Å². The second-order valence-electron chi connectivity index (χ2n) is 5.48. The summed E-state index contributed by atoms with van der Waals surface area (Å²) in [6.45, 7) is 2.58. The third-order valence-electron chi connectivity index (χ3n) is 4.35. The van der Waals surface area contributed by atoms with E-state index in [0.29, 0.717) is 0 Å². The van der Waals surface area contributed by atoms with Crippen molar-refractivity contribution in [3.63, 3.8) is 0 Å². The van der Waals surface area contributed by atoms with Crippen molar-refractivity contribution < 1.29 is 0 Å². The number of rotatable bonds is 2. The Morgan fingerprint density at radius 2 is 1.93 bits per heavy atom. The van der Waals surface area contributed by atoms with E-state index in [9.17, 15) is 0 Å². The third-order valence-corrected chi connectivity index (χ3v) is 4.35. The first-order valence-corrected chi connectivity index (χ1v) is 6.48. The average Bonchev–Trinajstić information content (AvgIpc) is 2.79. The van der Waals surface area contributed by atoms with Crippen LogP contribution in [-0.4, -0.2) is 13.1 Å². The highest BCUT2D eigenvalue weighted by Crippen LogP contribution is 2.41. The SMILES string of the molecule is C1=CC(CC2C[C@H]3CNC[C@H]3C2)=CCC1. The van der Waals surface area contributed by atoms with E-state index in [-0.39, 0.29) is 0 Å². The van der Waals surface area contributed by atoms with Crippen molar-refractivity contribution in [1.82, 2.24) is 5.32 Å². The lowest BCUT2D eigenvalue weighted by Gasteiger charge is -2.13. The molecule has 0 bridgehead atoms. The zero-order chi connectivity index (χ0) is 10.1. The molecule has 1 nitrogen and oxygen atoms in total. The summed E-state index contributed by atoms with van der Waals surface area (Å²) in [5.74, 6) is 2.99. The quantitative estimate of drug-likeness (QED) is 0.727. The maximum atomic E-state index is 3.52. The van der Waals surface area contributed by atoms with E-state index in [2.05, 4.69) is 23.5 Å². The van der Waals surface area contributed by atoms with Gasteiger partial charge in [0.2, 0.25) is 0 Å². The fourth-order valence-corrected chi connectivity index (χ4v) is 3.61. The van der Waals surface area contributed by atoms with Crippen molar-refractivity contribution in [2.75, 3.05) is 13.1 Å². The fourth-order valence-electron chi connectivity index (χ4n) is 3.61. The second kappa shape index (κ2) is 4.13. The first-order valence-electron chi connectivity index (χ1n) is 6.48. The Balaban J connectivity index is 1.57. The van der Waals surface area contributed by atoms with Gasteiger partial charge in [0.15, 0.2) is 0 Å². The van der Waals surface area contributed by atoms with Gasteiger partial charge in [-0.3, -0.25) is 0 Å². The van der Waals surface area contributed by atoms with Crippen molar-refractivity contribution >= 4 is 0 Å². The Morgan fingerprint density at radius 1 is 1.13 bits per heavy atom. The van der Waals surface area contributed by atoms with Gasteiger partial charge in [0.1, 0.15) is 0 Å². The van der Waals surface area contributed by atoms with Crippen molar-refractivity contribution in [3.8, 4) is 0 Å². The highest BCUT2D eigenvalue weighted by Gasteiger charge is 2.36. The van der Waals surface area contributed by atoms with Crippen LogP contribution in [0.3, 0.4) is 0 Å². The molecule has 0 aromatic carbocycles. The molecule has 1 N–H and O–H groups in total. The lowest BCUT2D eigenvalue weighted by Crippen LogP contribution is -2.12. The third kappa shape index (κ3) is 2.03. The predicted octanol–water partition coefficient (Wildman–Crippen LogP) is 2.90. The van der Waals surface area contributed by atoms with Crippen LogP contribution < -0.4 is 5.32 Å². The van der Waals surface area contributed by atoms with Crippen molar-refractivity contribution in [1.29, 1.82) is 0 Å². The van der Waals surface area contributed by atoms with Crippen LogP contribution in [0.15, 0.2) is 23.8 Å². The molecule has 1 heteroatoms. The molecular weight excluding hydrogens is 182 g/mol. The average molecular weight is 203 g/mol. The molecule has 2 fully saturated rings. The number of hydrogen-bond acceptors (Lipinski definition) is 1. The standard InChI is InChI=1S/C14H21N/c1-2-4-11(5-3-1)6-12-7-13-9-15-10-14(13)8-12/h2,4-5,12-15H,1,3,6-10H2/t12?,13-,14+. The van der Waals surface area contributed by atoms with E-state index in [1.807, 2.05) is 0 Å². The van der Waals surface area contributed by atoms with Crippen LogP contribution in [0.5, 0.6) is 0 Å². The van der Waals surface area contributed by atoms with Gasteiger partial charge >= 0.3 is 0 Å². The number of nitrogens with one attached hydrogen (secondary N) is 1. The van der Waals surface area contributed by atoms with Gasteiger partial charge in [0.05, 0.1) is 0 Å². The summed E-state index contributed by atoms with van der Waals surface area (Å²) in [7, 11) is 0. The lowest BCUT2D eigenvalue weighted by molar-refractivity contribution is 0.491. The summed E-state index contributed by atoms with van der Waals surface area (Å²) in [5.41, 5.74) is 1.61. The predicted molar refractivity (Wildman–Crippen MR) is 63.6 cm³/mol. The summed E-state index contributed by atoms with van der Waals surface area (Å²) in [5, 5.41) is 3.52. The van der Waals surface area contributed by atoms with Crippen molar-refractivity contribution in [2.45, 2.75) is 32.1 Å². The fraction of sp³-hybridized carbons (Fsp3) is 0.714. The van der Waals surface area contributed by atoms with Gasteiger partial charge in [-0.1, -0.05) is 23.8 Å². The van der Waals surface area contributed by atoms with E-state index in [4.69, 9.17) is 0 Å². The summed E-state index contributed by atoms with van der Waals surface area (Å²) in [6.07, 6.45) is 14.0. The highest BCUT2D eigenvalue weighted by atomic mass is 14.9. The molecule has 2 aliphatic carbocycles. The summed E-state index contributed by atoms with van der Waals surface area (Å²) >= 11 is 0.